The first-order valence-corrected chi connectivity index (χ1v) is 15.5. The van der Waals surface area contributed by atoms with Gasteiger partial charge in [-0.25, -0.2) is 0 Å². The Bertz CT molecular complexity index is 1480. The summed E-state index contributed by atoms with van der Waals surface area (Å²) in [4.78, 5) is 26.8. The molecule has 1 aliphatic heterocycles. The van der Waals surface area contributed by atoms with E-state index >= 15 is 0 Å². The summed E-state index contributed by atoms with van der Waals surface area (Å²) in [6, 6.07) is 9.89. The van der Waals surface area contributed by atoms with E-state index in [9.17, 15) is 19.8 Å². The van der Waals surface area contributed by atoms with E-state index in [1.54, 1.807) is 23.5 Å². The van der Waals surface area contributed by atoms with E-state index in [0.29, 0.717) is 12.8 Å². The highest BCUT2D eigenvalue weighted by molar-refractivity contribution is 7.10. The highest BCUT2D eigenvalue weighted by Gasteiger charge is 2.76. The number of allylic oxidation sites excluding steroid dienone is 4. The van der Waals surface area contributed by atoms with Gasteiger partial charge >= 0.3 is 0 Å². The molecule has 0 spiro atoms. The maximum Gasteiger partial charge on any atom is 0.194 e. The Hall–Kier alpha value is -2.62. The van der Waals surface area contributed by atoms with E-state index in [4.69, 9.17) is 15.2 Å². The summed E-state index contributed by atoms with van der Waals surface area (Å²) < 4.78 is 13.3. The van der Waals surface area contributed by atoms with Gasteiger partial charge in [-0.15, -0.1) is 11.3 Å². The molecule has 0 radical (unpaired) electrons. The van der Waals surface area contributed by atoms with Gasteiger partial charge in [0.25, 0.3) is 0 Å². The van der Waals surface area contributed by atoms with E-state index in [0.717, 1.165) is 46.5 Å². The number of thiophene rings is 1. The van der Waals surface area contributed by atoms with E-state index in [1.165, 1.54) is 0 Å². The summed E-state index contributed by atoms with van der Waals surface area (Å²) in [5.41, 5.74) is 7.56. The second kappa shape index (κ2) is 9.44. The number of Topliss-reactive ketones (excluding diaryl/α,β-unsaturated/α-hetero) is 1. The zero-order valence-corrected chi connectivity index (χ0v) is 24.2. The maximum atomic E-state index is 13.7. The van der Waals surface area contributed by atoms with Gasteiger partial charge in [0.1, 0.15) is 6.61 Å². The molecule has 5 aliphatic rings. The predicted molar refractivity (Wildman–Crippen MR) is 155 cm³/mol. The SMILES string of the molecule is C[C@]12C=CC(=O)C=C1CC[C@@H]1[C@@H]2[C@@H](O)C[C@@]2(C)[C@H]1C[C@H]1O[C@H](c3cc(Cc4cccc(N)c4)cs3)O[C@]12C(=O)CO. The molecular formula is C33H37NO6S. The van der Waals surface area contributed by atoms with Crippen molar-refractivity contribution in [3.63, 3.8) is 0 Å². The summed E-state index contributed by atoms with van der Waals surface area (Å²) in [6.45, 7) is 3.56. The van der Waals surface area contributed by atoms with Gasteiger partial charge in [-0.05, 0) is 90.8 Å². The largest absolute Gasteiger partial charge is 0.399 e. The highest BCUT2D eigenvalue weighted by Crippen LogP contribution is 2.70. The zero-order valence-electron chi connectivity index (χ0n) is 23.4. The van der Waals surface area contributed by atoms with Crippen molar-refractivity contribution >= 4 is 28.6 Å². The van der Waals surface area contributed by atoms with E-state index in [2.05, 4.69) is 25.3 Å². The quantitative estimate of drug-likeness (QED) is 0.449. The van der Waals surface area contributed by atoms with Gasteiger partial charge in [0.05, 0.1) is 17.1 Å². The fourth-order valence-electron chi connectivity index (χ4n) is 9.36. The molecule has 0 unspecified atom stereocenters. The first-order chi connectivity index (χ1) is 19.6. The van der Waals surface area contributed by atoms with Crippen LogP contribution in [0.15, 0.2) is 59.5 Å². The maximum absolute atomic E-state index is 13.7. The Morgan fingerprint density at radius 1 is 1.22 bits per heavy atom. The van der Waals surface area contributed by atoms with Crippen LogP contribution in [0.1, 0.15) is 61.8 Å². The summed E-state index contributed by atoms with van der Waals surface area (Å²) in [7, 11) is 0. The number of anilines is 1. The minimum absolute atomic E-state index is 0.00596. The molecule has 2 aromatic rings. The second-order valence-electron chi connectivity index (χ2n) is 13.1. The van der Waals surface area contributed by atoms with Gasteiger partial charge < -0.3 is 25.4 Å². The van der Waals surface area contributed by atoms with Crippen molar-refractivity contribution in [2.75, 3.05) is 12.3 Å². The first-order valence-electron chi connectivity index (χ1n) is 14.6. The molecule has 4 N–H and O–H groups in total. The number of aliphatic hydroxyl groups excluding tert-OH is 2. The summed E-state index contributed by atoms with van der Waals surface area (Å²) >= 11 is 1.54. The van der Waals surface area contributed by atoms with E-state index in [-0.39, 0.29) is 29.3 Å². The number of hydrogen-bond acceptors (Lipinski definition) is 8. The molecule has 1 aromatic heterocycles. The van der Waals surface area contributed by atoms with E-state index in [1.807, 2.05) is 30.3 Å². The number of aliphatic hydroxyl groups is 2. The normalized spacial score (nSPS) is 40.9. The number of ether oxygens (including phenoxy) is 2. The number of nitrogens with two attached hydrogens (primary N) is 1. The zero-order chi connectivity index (χ0) is 28.7. The number of hydrogen-bond donors (Lipinski definition) is 3. The number of ketones is 2. The van der Waals surface area contributed by atoms with Crippen LogP contribution in [0.3, 0.4) is 0 Å². The van der Waals surface area contributed by atoms with Gasteiger partial charge in [0.15, 0.2) is 23.5 Å². The number of rotatable bonds is 5. The molecule has 7 rings (SSSR count). The third-order valence-corrected chi connectivity index (χ3v) is 12.1. The molecule has 0 amide bonds. The lowest BCUT2D eigenvalue weighted by Crippen LogP contribution is -2.63. The monoisotopic (exact) mass is 575 g/mol. The fraction of sp³-hybridized carbons (Fsp3) is 0.515. The number of nitrogen functional groups attached to an aromatic ring is 1. The van der Waals surface area contributed by atoms with Crippen molar-refractivity contribution in [1.82, 2.24) is 0 Å². The third-order valence-electron chi connectivity index (χ3n) is 11.1. The summed E-state index contributed by atoms with van der Waals surface area (Å²) in [5, 5.41) is 24.1. The van der Waals surface area contributed by atoms with Crippen molar-refractivity contribution in [2.24, 2.45) is 28.6 Å². The van der Waals surface area contributed by atoms with Crippen LogP contribution in [0, 0.1) is 28.6 Å². The molecule has 0 bridgehead atoms. The van der Waals surface area contributed by atoms with Crippen LogP contribution in [-0.2, 0) is 25.5 Å². The Balaban J connectivity index is 1.19. The fourth-order valence-corrected chi connectivity index (χ4v) is 10.2. The Morgan fingerprint density at radius 3 is 2.83 bits per heavy atom. The van der Waals surface area contributed by atoms with Crippen molar-refractivity contribution in [3.8, 4) is 0 Å². The third kappa shape index (κ3) is 3.84. The average molecular weight is 576 g/mol. The Morgan fingerprint density at radius 2 is 2.05 bits per heavy atom. The minimum Gasteiger partial charge on any atom is -0.399 e. The average Bonchev–Trinajstić information content (AvgIpc) is 3.61. The predicted octanol–water partition coefficient (Wildman–Crippen LogP) is 4.52. The number of carbonyl (C=O) groups is 2. The van der Waals surface area contributed by atoms with Crippen LogP contribution in [0.25, 0.3) is 0 Å². The van der Waals surface area contributed by atoms with Gasteiger partial charge in [-0.2, -0.15) is 0 Å². The van der Waals surface area contributed by atoms with Gasteiger partial charge in [0, 0.05) is 22.4 Å². The van der Waals surface area contributed by atoms with Crippen LogP contribution in [0.5, 0.6) is 0 Å². The van der Waals surface area contributed by atoms with Gasteiger partial charge in [-0.1, -0.05) is 37.6 Å². The van der Waals surface area contributed by atoms with Crippen LogP contribution in [0.2, 0.25) is 0 Å². The molecule has 4 aliphatic carbocycles. The molecule has 216 valence electrons. The number of carbonyl (C=O) groups excluding carboxylic acids is 2. The van der Waals surface area contributed by atoms with Gasteiger partial charge in [0.2, 0.25) is 0 Å². The highest BCUT2D eigenvalue weighted by atomic mass is 32.1. The molecule has 1 saturated heterocycles. The summed E-state index contributed by atoms with van der Waals surface area (Å²) in [5.74, 6) is -0.221. The minimum atomic E-state index is -1.34. The summed E-state index contributed by atoms with van der Waals surface area (Å²) in [6.07, 6.45) is 6.79. The second-order valence-corrected chi connectivity index (χ2v) is 14.1. The van der Waals surface area contributed by atoms with Gasteiger partial charge in [-0.3, -0.25) is 9.59 Å². The van der Waals surface area contributed by atoms with Crippen LogP contribution >= 0.6 is 11.3 Å². The number of fused-ring (bicyclic) bond motifs is 7. The molecule has 7 nitrogen and oxygen atoms in total. The van der Waals surface area contributed by atoms with Crippen molar-refractivity contribution in [3.05, 3.63) is 75.5 Å². The lowest BCUT2D eigenvalue weighted by Gasteiger charge is -2.59. The first kappa shape index (κ1) is 27.2. The lowest BCUT2D eigenvalue weighted by molar-refractivity contribution is -0.200. The molecule has 41 heavy (non-hydrogen) atoms. The lowest BCUT2D eigenvalue weighted by atomic mass is 9.46. The smallest absolute Gasteiger partial charge is 0.194 e. The van der Waals surface area contributed by atoms with Crippen LogP contribution < -0.4 is 5.73 Å². The molecule has 8 heteroatoms. The molecule has 9 atom stereocenters. The standard InChI is InChI=1S/C33H37NO6S/c1-31-9-8-22(36)13-20(31)6-7-23-24-14-28-33(27(38)16-35,32(24,2)15-25(37)29(23)31)40-30(39-28)26-12-19(17-41-26)10-18-4-3-5-21(34)11-18/h3-5,8-9,11-13,17,23-25,28-30,35,37H,6-7,10,14-16,34H2,1-2H3/t23-,24-,25-,28+,29+,30-,31-,32-,33+/m0/s1. The van der Waals surface area contributed by atoms with Crippen LogP contribution in [0.4, 0.5) is 5.69 Å². The Labute approximate surface area is 244 Å². The van der Waals surface area contributed by atoms with Crippen molar-refractivity contribution < 1.29 is 29.3 Å². The molecule has 3 saturated carbocycles. The van der Waals surface area contributed by atoms with Crippen molar-refractivity contribution in [2.45, 2.75) is 70.1 Å². The number of benzene rings is 1. The van der Waals surface area contributed by atoms with E-state index < -0.39 is 41.5 Å². The molecule has 1 aromatic carbocycles. The Kier molecular flexibility index (Phi) is 6.27. The topological polar surface area (TPSA) is 119 Å². The molecule has 2 heterocycles. The molecular weight excluding hydrogens is 538 g/mol. The van der Waals surface area contributed by atoms with Crippen LogP contribution in [-0.4, -0.2) is 46.2 Å². The van der Waals surface area contributed by atoms with Crippen molar-refractivity contribution in [1.29, 1.82) is 0 Å². The molecule has 4 fully saturated rings.